The summed E-state index contributed by atoms with van der Waals surface area (Å²) in [5.41, 5.74) is -0.0104. The van der Waals surface area contributed by atoms with Crippen LogP contribution in [0.15, 0.2) is 29.3 Å². The number of allylic oxidation sites excluding steroid dienone is 3. The van der Waals surface area contributed by atoms with Crippen molar-refractivity contribution in [3.05, 3.63) is 24.3 Å². The van der Waals surface area contributed by atoms with Crippen molar-refractivity contribution >= 4 is 6.21 Å². The molecule has 0 atom stereocenters. The largest absolute Gasteiger partial charge is 0.283 e. The summed E-state index contributed by atoms with van der Waals surface area (Å²) in [5, 5.41) is 0. The van der Waals surface area contributed by atoms with Gasteiger partial charge in [-0.15, -0.1) is 0 Å². The lowest BCUT2D eigenvalue weighted by molar-refractivity contribution is 0.662. The monoisotopic (exact) mass is 121 g/mol. The van der Waals surface area contributed by atoms with Crippen molar-refractivity contribution in [2.45, 2.75) is 19.4 Å². The standard InChI is InChI=1S/C8H11N/c1-8(2)6-4-3-5-7-9-8/h3-7H,1-2H3. The molecule has 0 fully saturated rings. The topological polar surface area (TPSA) is 12.4 Å². The number of rotatable bonds is 0. The van der Waals surface area contributed by atoms with Gasteiger partial charge in [-0.3, -0.25) is 4.99 Å². The Balaban J connectivity index is 2.82. The van der Waals surface area contributed by atoms with E-state index in [1.54, 1.807) is 0 Å². The maximum atomic E-state index is 4.26. The van der Waals surface area contributed by atoms with Gasteiger partial charge in [-0.2, -0.15) is 0 Å². The average Bonchev–Trinajstić information content (AvgIpc) is 1.92. The highest BCUT2D eigenvalue weighted by molar-refractivity contribution is 5.72. The molecule has 0 radical (unpaired) electrons. The van der Waals surface area contributed by atoms with Crippen molar-refractivity contribution < 1.29 is 0 Å². The van der Waals surface area contributed by atoms with Gasteiger partial charge in [-0.1, -0.05) is 18.2 Å². The highest BCUT2D eigenvalue weighted by atomic mass is 14.8. The molecule has 1 heteroatoms. The van der Waals surface area contributed by atoms with E-state index < -0.39 is 0 Å². The van der Waals surface area contributed by atoms with E-state index in [1.807, 2.05) is 24.4 Å². The van der Waals surface area contributed by atoms with Crippen LogP contribution in [0.25, 0.3) is 0 Å². The maximum Gasteiger partial charge on any atom is 0.0734 e. The molecule has 9 heavy (non-hydrogen) atoms. The third kappa shape index (κ3) is 1.84. The Bertz CT molecular complexity index is 155. The molecule has 1 aliphatic rings. The summed E-state index contributed by atoms with van der Waals surface area (Å²) in [7, 11) is 0. The first kappa shape index (κ1) is 6.27. The van der Waals surface area contributed by atoms with Crippen LogP contribution in [0, 0.1) is 0 Å². The van der Waals surface area contributed by atoms with Crippen LogP contribution in [0.3, 0.4) is 0 Å². The highest BCUT2D eigenvalue weighted by Gasteiger charge is 2.08. The van der Waals surface area contributed by atoms with Crippen molar-refractivity contribution in [1.82, 2.24) is 0 Å². The van der Waals surface area contributed by atoms with E-state index in [2.05, 4.69) is 24.9 Å². The summed E-state index contributed by atoms with van der Waals surface area (Å²) < 4.78 is 0. The second kappa shape index (κ2) is 2.18. The number of nitrogens with zero attached hydrogens (tertiary/aromatic N) is 1. The van der Waals surface area contributed by atoms with Crippen LogP contribution >= 0.6 is 0 Å². The zero-order valence-electron chi connectivity index (χ0n) is 5.83. The van der Waals surface area contributed by atoms with Crippen LogP contribution in [0.1, 0.15) is 13.8 Å². The van der Waals surface area contributed by atoms with Crippen LogP contribution in [-0.2, 0) is 0 Å². The van der Waals surface area contributed by atoms with E-state index in [0.717, 1.165) is 0 Å². The molecule has 0 aliphatic carbocycles. The lowest BCUT2D eigenvalue weighted by Gasteiger charge is -2.11. The molecule has 0 N–H and O–H groups in total. The molecule has 0 unspecified atom stereocenters. The van der Waals surface area contributed by atoms with E-state index in [0.29, 0.717) is 0 Å². The Morgan fingerprint density at radius 3 is 2.67 bits per heavy atom. The molecule has 0 spiro atoms. The van der Waals surface area contributed by atoms with Gasteiger partial charge in [0.1, 0.15) is 0 Å². The van der Waals surface area contributed by atoms with E-state index in [1.165, 1.54) is 0 Å². The van der Waals surface area contributed by atoms with E-state index in [9.17, 15) is 0 Å². The molecule has 1 heterocycles. The molecule has 0 saturated heterocycles. The van der Waals surface area contributed by atoms with Crippen molar-refractivity contribution in [2.24, 2.45) is 4.99 Å². The highest BCUT2D eigenvalue weighted by Crippen LogP contribution is 2.11. The van der Waals surface area contributed by atoms with Crippen molar-refractivity contribution in [3.63, 3.8) is 0 Å². The van der Waals surface area contributed by atoms with Crippen LogP contribution < -0.4 is 0 Å². The summed E-state index contributed by atoms with van der Waals surface area (Å²) in [6.07, 6.45) is 9.85. The van der Waals surface area contributed by atoms with Crippen molar-refractivity contribution in [3.8, 4) is 0 Å². The minimum Gasteiger partial charge on any atom is -0.283 e. The first-order valence-corrected chi connectivity index (χ1v) is 3.10. The second-order valence-electron chi connectivity index (χ2n) is 2.68. The van der Waals surface area contributed by atoms with Crippen molar-refractivity contribution in [1.29, 1.82) is 0 Å². The zero-order chi connectivity index (χ0) is 6.74. The molecule has 0 aromatic rings. The molecular weight excluding hydrogens is 110 g/mol. The van der Waals surface area contributed by atoms with Crippen LogP contribution in [0.2, 0.25) is 0 Å². The summed E-state index contributed by atoms with van der Waals surface area (Å²) in [5.74, 6) is 0. The lowest BCUT2D eigenvalue weighted by Crippen LogP contribution is -2.10. The molecule has 0 bridgehead atoms. The Labute approximate surface area is 55.8 Å². The van der Waals surface area contributed by atoms with Gasteiger partial charge in [-0.25, -0.2) is 0 Å². The third-order valence-electron chi connectivity index (χ3n) is 1.22. The Kier molecular flexibility index (Phi) is 1.52. The molecule has 1 aliphatic heterocycles. The molecule has 0 amide bonds. The lowest BCUT2D eigenvalue weighted by atomic mass is 10.1. The molecule has 1 rings (SSSR count). The first-order chi connectivity index (χ1) is 4.21. The van der Waals surface area contributed by atoms with Gasteiger partial charge in [0.2, 0.25) is 0 Å². The average molecular weight is 121 g/mol. The smallest absolute Gasteiger partial charge is 0.0734 e. The summed E-state index contributed by atoms with van der Waals surface area (Å²) >= 11 is 0. The summed E-state index contributed by atoms with van der Waals surface area (Å²) in [6.45, 7) is 4.15. The van der Waals surface area contributed by atoms with Gasteiger partial charge in [0.25, 0.3) is 0 Å². The summed E-state index contributed by atoms with van der Waals surface area (Å²) in [4.78, 5) is 4.26. The normalized spacial score (nSPS) is 22.0. The predicted molar refractivity (Wildman–Crippen MR) is 40.9 cm³/mol. The fourth-order valence-corrected chi connectivity index (χ4v) is 0.683. The number of hydrogen-bond acceptors (Lipinski definition) is 1. The van der Waals surface area contributed by atoms with Gasteiger partial charge < -0.3 is 0 Å². The van der Waals surface area contributed by atoms with Gasteiger partial charge in [0.15, 0.2) is 0 Å². The van der Waals surface area contributed by atoms with Crippen molar-refractivity contribution in [2.75, 3.05) is 0 Å². The van der Waals surface area contributed by atoms with Crippen LogP contribution in [-0.4, -0.2) is 11.8 Å². The zero-order valence-corrected chi connectivity index (χ0v) is 5.83. The molecular formula is C8H11N. The predicted octanol–water partition coefficient (Wildman–Crippen LogP) is 1.96. The first-order valence-electron chi connectivity index (χ1n) is 3.10. The van der Waals surface area contributed by atoms with E-state index >= 15 is 0 Å². The Morgan fingerprint density at radius 2 is 1.89 bits per heavy atom. The second-order valence-corrected chi connectivity index (χ2v) is 2.68. The van der Waals surface area contributed by atoms with Crippen LogP contribution in [0.5, 0.6) is 0 Å². The molecule has 1 nitrogen and oxygen atoms in total. The fourth-order valence-electron chi connectivity index (χ4n) is 0.683. The fraction of sp³-hybridized carbons (Fsp3) is 0.375. The molecule has 0 aromatic heterocycles. The minimum atomic E-state index is -0.0104. The summed E-state index contributed by atoms with van der Waals surface area (Å²) in [6, 6.07) is 0. The van der Waals surface area contributed by atoms with Crippen LogP contribution in [0.4, 0.5) is 0 Å². The molecule has 48 valence electrons. The molecule has 0 aromatic carbocycles. The number of aliphatic imine (C=N–C) groups is 1. The van der Waals surface area contributed by atoms with E-state index in [-0.39, 0.29) is 5.54 Å². The SMILES string of the molecule is CC1(C)C=CC=CC=N1. The Morgan fingerprint density at radius 1 is 1.11 bits per heavy atom. The van der Waals surface area contributed by atoms with E-state index in [4.69, 9.17) is 0 Å². The minimum absolute atomic E-state index is 0.0104. The maximum absolute atomic E-state index is 4.26. The van der Waals surface area contributed by atoms with Gasteiger partial charge >= 0.3 is 0 Å². The van der Waals surface area contributed by atoms with Gasteiger partial charge in [0.05, 0.1) is 5.54 Å². The van der Waals surface area contributed by atoms with Gasteiger partial charge in [-0.05, 0) is 19.9 Å². The quantitative estimate of drug-likeness (QED) is 0.464. The Hall–Kier alpha value is -0.850. The van der Waals surface area contributed by atoms with Gasteiger partial charge in [0, 0.05) is 6.21 Å². The third-order valence-corrected chi connectivity index (χ3v) is 1.22. The number of hydrogen-bond donors (Lipinski definition) is 0. The molecule has 0 saturated carbocycles.